The lowest BCUT2D eigenvalue weighted by molar-refractivity contribution is -0.151. The van der Waals surface area contributed by atoms with Crippen molar-refractivity contribution in [3.05, 3.63) is 0 Å². The van der Waals surface area contributed by atoms with Crippen LogP contribution in [0.25, 0.3) is 0 Å². The van der Waals surface area contributed by atoms with Gasteiger partial charge in [-0.25, -0.2) is 9.59 Å². The van der Waals surface area contributed by atoms with Crippen LogP contribution in [0.1, 0.15) is 66.2 Å². The zero-order chi connectivity index (χ0) is 18.8. The second-order valence-corrected chi connectivity index (χ2v) is 8.12. The molecule has 7 heteroatoms. The summed E-state index contributed by atoms with van der Waals surface area (Å²) in [5.74, 6) is -0.841. The maximum Gasteiger partial charge on any atom is 0.408 e. The first-order valence-corrected chi connectivity index (χ1v) is 9.17. The highest BCUT2D eigenvalue weighted by Crippen LogP contribution is 2.34. The van der Waals surface area contributed by atoms with Crippen molar-refractivity contribution >= 4 is 18.0 Å². The third kappa shape index (κ3) is 4.86. The quantitative estimate of drug-likeness (QED) is 0.812. The van der Waals surface area contributed by atoms with Gasteiger partial charge in [-0.15, -0.1) is 0 Å². The van der Waals surface area contributed by atoms with Crippen molar-refractivity contribution in [2.45, 2.75) is 89.9 Å². The molecule has 2 aliphatic heterocycles. The predicted octanol–water partition coefficient (Wildman–Crippen LogP) is 2.53. The Labute approximate surface area is 149 Å². The molecule has 2 saturated heterocycles. The second kappa shape index (κ2) is 7.62. The molecule has 142 valence electrons. The van der Waals surface area contributed by atoms with Gasteiger partial charge in [-0.3, -0.25) is 4.79 Å². The molecule has 2 rings (SSSR count). The fourth-order valence-electron chi connectivity index (χ4n) is 3.85. The normalized spacial score (nSPS) is 30.2. The molecule has 0 aliphatic carbocycles. The molecule has 7 nitrogen and oxygen atoms in total. The van der Waals surface area contributed by atoms with Crippen LogP contribution in [0.4, 0.5) is 4.79 Å². The molecule has 0 bridgehead atoms. The predicted molar refractivity (Wildman–Crippen MR) is 92.1 cm³/mol. The van der Waals surface area contributed by atoms with Crippen LogP contribution in [0.15, 0.2) is 0 Å². The van der Waals surface area contributed by atoms with Crippen molar-refractivity contribution in [1.29, 1.82) is 0 Å². The monoisotopic (exact) mass is 354 g/mol. The van der Waals surface area contributed by atoms with Gasteiger partial charge in [-0.05, 0) is 58.8 Å². The lowest BCUT2D eigenvalue weighted by Gasteiger charge is -2.36. The summed E-state index contributed by atoms with van der Waals surface area (Å²) in [6.07, 6.45) is 3.71. The fourth-order valence-corrected chi connectivity index (χ4v) is 3.85. The Morgan fingerprint density at radius 3 is 2.48 bits per heavy atom. The number of hydrogen-bond donors (Lipinski definition) is 2. The number of carboxylic acids is 1. The Hall–Kier alpha value is -1.79. The standard InChI is InChI=1S/C18H30N2O5/c1-5-11-6-8-13(19-17(24)25-18(2,3)4)15(21)20-12(10-11)7-9-14(20)16(22)23/h11-14H,5-10H2,1-4H3,(H,19,24)(H,22,23)/t11-,12-,13+,14+/m1/s1. The minimum atomic E-state index is -0.972. The highest BCUT2D eigenvalue weighted by Gasteiger charge is 2.45. The van der Waals surface area contributed by atoms with Crippen LogP contribution in [-0.4, -0.2) is 51.7 Å². The molecule has 0 radical (unpaired) electrons. The van der Waals surface area contributed by atoms with Crippen molar-refractivity contribution in [1.82, 2.24) is 10.2 Å². The molecule has 0 aromatic heterocycles. The van der Waals surface area contributed by atoms with Crippen molar-refractivity contribution < 1.29 is 24.2 Å². The Balaban J connectivity index is 2.19. The molecular weight excluding hydrogens is 324 g/mol. The molecular formula is C18H30N2O5. The van der Waals surface area contributed by atoms with E-state index in [1.807, 2.05) is 0 Å². The third-order valence-electron chi connectivity index (χ3n) is 5.08. The molecule has 2 N–H and O–H groups in total. The number of nitrogens with zero attached hydrogens (tertiary/aromatic N) is 1. The number of ether oxygens (including phenoxy) is 1. The molecule has 2 heterocycles. The summed E-state index contributed by atoms with van der Waals surface area (Å²) < 4.78 is 5.26. The van der Waals surface area contributed by atoms with Gasteiger partial charge in [-0.1, -0.05) is 13.3 Å². The van der Waals surface area contributed by atoms with E-state index in [9.17, 15) is 19.5 Å². The van der Waals surface area contributed by atoms with Gasteiger partial charge in [0, 0.05) is 6.04 Å². The van der Waals surface area contributed by atoms with Gasteiger partial charge < -0.3 is 20.1 Å². The van der Waals surface area contributed by atoms with E-state index < -0.39 is 29.7 Å². The highest BCUT2D eigenvalue weighted by atomic mass is 16.6. The summed E-state index contributed by atoms with van der Waals surface area (Å²) in [4.78, 5) is 38.2. The maximum atomic E-state index is 13.0. The molecule has 2 aliphatic rings. The van der Waals surface area contributed by atoms with Gasteiger partial charge in [-0.2, -0.15) is 0 Å². The smallest absolute Gasteiger partial charge is 0.408 e. The topological polar surface area (TPSA) is 95.9 Å². The summed E-state index contributed by atoms with van der Waals surface area (Å²) in [6.45, 7) is 7.39. The fraction of sp³-hybridized carbons (Fsp3) is 0.833. The van der Waals surface area contributed by atoms with Crippen molar-refractivity contribution in [3.8, 4) is 0 Å². The summed E-state index contributed by atoms with van der Waals surface area (Å²) in [5, 5.41) is 12.1. The van der Waals surface area contributed by atoms with Gasteiger partial charge in [0.1, 0.15) is 17.7 Å². The van der Waals surface area contributed by atoms with E-state index in [1.165, 1.54) is 4.90 Å². The number of aliphatic carboxylic acids is 1. The summed E-state index contributed by atoms with van der Waals surface area (Å²) >= 11 is 0. The third-order valence-corrected chi connectivity index (χ3v) is 5.08. The first kappa shape index (κ1) is 19.5. The zero-order valence-electron chi connectivity index (χ0n) is 15.6. The number of alkyl carbamates (subject to hydrolysis) is 1. The van der Waals surface area contributed by atoms with Crippen LogP contribution >= 0.6 is 0 Å². The molecule has 4 atom stereocenters. The van der Waals surface area contributed by atoms with Gasteiger partial charge in [0.15, 0.2) is 0 Å². The van der Waals surface area contributed by atoms with E-state index in [0.717, 1.165) is 19.3 Å². The Bertz CT molecular complexity index is 528. The van der Waals surface area contributed by atoms with E-state index in [0.29, 0.717) is 25.2 Å². The number of carboxylic acid groups (broad SMARTS) is 1. The van der Waals surface area contributed by atoms with E-state index in [-0.39, 0.29) is 11.9 Å². The van der Waals surface area contributed by atoms with Gasteiger partial charge in [0.25, 0.3) is 0 Å². The van der Waals surface area contributed by atoms with Crippen LogP contribution in [0, 0.1) is 5.92 Å². The minimum Gasteiger partial charge on any atom is -0.480 e. The number of rotatable bonds is 3. The lowest BCUT2D eigenvalue weighted by atomic mass is 9.88. The van der Waals surface area contributed by atoms with Crippen LogP contribution < -0.4 is 5.32 Å². The molecule has 2 amide bonds. The second-order valence-electron chi connectivity index (χ2n) is 8.12. The molecule has 0 aromatic rings. The Morgan fingerprint density at radius 1 is 1.24 bits per heavy atom. The molecule has 0 aromatic carbocycles. The van der Waals surface area contributed by atoms with Gasteiger partial charge in [0.05, 0.1) is 0 Å². The lowest BCUT2D eigenvalue weighted by Crippen LogP contribution is -2.56. The Morgan fingerprint density at radius 2 is 1.92 bits per heavy atom. The molecule has 0 saturated carbocycles. The van der Waals surface area contributed by atoms with E-state index in [2.05, 4.69) is 12.2 Å². The molecule has 0 unspecified atom stereocenters. The van der Waals surface area contributed by atoms with Crippen LogP contribution in [-0.2, 0) is 14.3 Å². The number of carbonyl (C=O) groups is 3. The summed E-state index contributed by atoms with van der Waals surface area (Å²) in [5.41, 5.74) is -0.652. The zero-order valence-corrected chi connectivity index (χ0v) is 15.6. The molecule has 25 heavy (non-hydrogen) atoms. The number of amides is 2. The van der Waals surface area contributed by atoms with Gasteiger partial charge in [0.2, 0.25) is 5.91 Å². The maximum absolute atomic E-state index is 13.0. The number of carbonyl (C=O) groups excluding carboxylic acids is 2. The average Bonchev–Trinajstić information content (AvgIpc) is 2.89. The highest BCUT2D eigenvalue weighted by molar-refractivity contribution is 5.90. The average molecular weight is 354 g/mol. The summed E-state index contributed by atoms with van der Waals surface area (Å²) in [7, 11) is 0. The first-order chi connectivity index (χ1) is 11.6. The van der Waals surface area contributed by atoms with E-state index in [4.69, 9.17) is 4.74 Å². The first-order valence-electron chi connectivity index (χ1n) is 9.17. The Kier molecular flexibility index (Phi) is 5.95. The van der Waals surface area contributed by atoms with Gasteiger partial charge >= 0.3 is 12.1 Å². The molecule has 0 spiro atoms. The van der Waals surface area contributed by atoms with E-state index >= 15 is 0 Å². The number of nitrogens with one attached hydrogen (secondary N) is 1. The van der Waals surface area contributed by atoms with Crippen molar-refractivity contribution in [2.24, 2.45) is 5.92 Å². The van der Waals surface area contributed by atoms with Crippen LogP contribution in [0.3, 0.4) is 0 Å². The van der Waals surface area contributed by atoms with Crippen LogP contribution in [0.2, 0.25) is 0 Å². The number of hydrogen-bond acceptors (Lipinski definition) is 4. The van der Waals surface area contributed by atoms with Crippen molar-refractivity contribution in [2.75, 3.05) is 0 Å². The SMILES string of the molecule is CC[C@@H]1CC[C@H](NC(=O)OC(C)(C)C)C(=O)N2[C@H](CC[C@H]2C(=O)O)C1. The minimum absolute atomic E-state index is 0.0539. The number of fused-ring (bicyclic) bond motifs is 1. The van der Waals surface area contributed by atoms with Crippen molar-refractivity contribution in [3.63, 3.8) is 0 Å². The van der Waals surface area contributed by atoms with Crippen LogP contribution in [0.5, 0.6) is 0 Å². The summed E-state index contributed by atoms with van der Waals surface area (Å²) in [6, 6.07) is -1.58. The molecule has 2 fully saturated rings. The van der Waals surface area contributed by atoms with E-state index in [1.54, 1.807) is 20.8 Å². The largest absolute Gasteiger partial charge is 0.480 e.